The van der Waals surface area contributed by atoms with E-state index in [4.69, 9.17) is 11.1 Å². The highest BCUT2D eigenvalue weighted by atomic mass is 32.2. The van der Waals surface area contributed by atoms with Crippen molar-refractivity contribution >= 4 is 28.9 Å². The lowest BCUT2D eigenvalue weighted by Crippen LogP contribution is -2.10. The molecule has 2 aromatic heterocycles. The summed E-state index contributed by atoms with van der Waals surface area (Å²) in [5, 5.41) is 10.1. The summed E-state index contributed by atoms with van der Waals surface area (Å²) in [4.78, 5) is 8.55. The average molecular weight is 250 g/mol. The van der Waals surface area contributed by atoms with Gasteiger partial charge < -0.3 is 5.73 Å². The van der Waals surface area contributed by atoms with E-state index in [0.717, 1.165) is 15.1 Å². The van der Waals surface area contributed by atoms with Crippen LogP contribution in [0.15, 0.2) is 33.1 Å². The molecule has 0 aliphatic heterocycles. The number of nitrogens with two attached hydrogens (primary N) is 1. The fourth-order valence-corrected chi connectivity index (χ4v) is 2.79. The Kier molecular flexibility index (Phi) is 3.21. The van der Waals surface area contributed by atoms with Gasteiger partial charge in [0, 0.05) is 22.8 Å². The van der Waals surface area contributed by atoms with Gasteiger partial charge in [0.25, 0.3) is 0 Å². The summed E-state index contributed by atoms with van der Waals surface area (Å²) in [5.74, 6) is 0.0362. The van der Waals surface area contributed by atoms with Crippen LogP contribution >= 0.6 is 23.1 Å². The Morgan fingerprint density at radius 1 is 1.50 bits per heavy atom. The number of amidine groups is 1. The summed E-state index contributed by atoms with van der Waals surface area (Å²) in [6.45, 7) is 1.97. The molecule has 0 aliphatic carbocycles. The van der Waals surface area contributed by atoms with Crippen LogP contribution in [0.5, 0.6) is 0 Å². The Bertz CT molecular complexity index is 504. The molecule has 2 aromatic rings. The van der Waals surface area contributed by atoms with Gasteiger partial charge in [0.15, 0.2) is 4.34 Å². The highest BCUT2D eigenvalue weighted by Gasteiger charge is 2.03. The van der Waals surface area contributed by atoms with Crippen LogP contribution in [0.1, 0.15) is 11.3 Å². The maximum atomic E-state index is 7.25. The molecule has 4 nitrogen and oxygen atoms in total. The van der Waals surface area contributed by atoms with Crippen molar-refractivity contribution in [3.05, 3.63) is 35.0 Å². The van der Waals surface area contributed by atoms with E-state index in [9.17, 15) is 0 Å². The third-order valence-electron chi connectivity index (χ3n) is 1.84. The molecule has 0 bridgehead atoms. The summed E-state index contributed by atoms with van der Waals surface area (Å²) in [6, 6.07) is 3.64. The van der Waals surface area contributed by atoms with Crippen LogP contribution in [0.3, 0.4) is 0 Å². The fourth-order valence-electron chi connectivity index (χ4n) is 1.07. The number of aromatic nitrogens is 2. The van der Waals surface area contributed by atoms with Crippen molar-refractivity contribution < 1.29 is 0 Å². The molecule has 0 aromatic carbocycles. The second-order valence-corrected chi connectivity index (χ2v) is 5.28. The van der Waals surface area contributed by atoms with Crippen LogP contribution in [-0.4, -0.2) is 15.8 Å². The number of thiazole rings is 1. The van der Waals surface area contributed by atoms with Crippen molar-refractivity contribution in [2.75, 3.05) is 0 Å². The van der Waals surface area contributed by atoms with Gasteiger partial charge in [0.2, 0.25) is 0 Å². The molecule has 2 rings (SSSR count). The second-order valence-electron chi connectivity index (χ2n) is 3.16. The van der Waals surface area contributed by atoms with E-state index >= 15 is 0 Å². The molecule has 0 saturated heterocycles. The maximum Gasteiger partial charge on any atom is 0.156 e. The summed E-state index contributed by atoms with van der Waals surface area (Å²) in [7, 11) is 0. The highest BCUT2D eigenvalue weighted by molar-refractivity contribution is 8.01. The first-order valence-electron chi connectivity index (χ1n) is 4.55. The van der Waals surface area contributed by atoms with E-state index in [-0.39, 0.29) is 5.84 Å². The van der Waals surface area contributed by atoms with Crippen LogP contribution in [-0.2, 0) is 0 Å². The maximum absolute atomic E-state index is 7.25. The Labute approximate surface area is 101 Å². The van der Waals surface area contributed by atoms with Gasteiger partial charge in [0.05, 0.1) is 0 Å². The van der Waals surface area contributed by atoms with Crippen LogP contribution in [0.2, 0.25) is 0 Å². The van der Waals surface area contributed by atoms with Crippen LogP contribution in [0, 0.1) is 12.3 Å². The molecule has 0 radical (unpaired) electrons. The Balaban J connectivity index is 2.14. The predicted molar refractivity (Wildman–Crippen MR) is 66.2 cm³/mol. The molecule has 0 saturated carbocycles. The number of pyridine rings is 1. The lowest BCUT2D eigenvalue weighted by atomic mass is 10.3. The van der Waals surface area contributed by atoms with E-state index in [2.05, 4.69) is 9.97 Å². The molecule has 2 heterocycles. The molecule has 0 aliphatic rings. The summed E-state index contributed by atoms with van der Waals surface area (Å²) >= 11 is 3.11. The van der Waals surface area contributed by atoms with Crippen molar-refractivity contribution in [2.45, 2.75) is 16.3 Å². The standard InChI is InChI=1S/C10H10N4S2/c1-6-5-15-10(14-6)16-8-3-2-7(4-13-8)9(11)12/h2-5H,1H3,(H3,11,12). The van der Waals surface area contributed by atoms with Gasteiger partial charge in [0.1, 0.15) is 10.9 Å². The zero-order valence-electron chi connectivity index (χ0n) is 8.60. The monoisotopic (exact) mass is 250 g/mol. The van der Waals surface area contributed by atoms with Gasteiger partial charge in [-0.25, -0.2) is 9.97 Å². The molecule has 6 heteroatoms. The summed E-state index contributed by atoms with van der Waals surface area (Å²) in [5.41, 5.74) is 7.01. The molecule has 0 fully saturated rings. The molecule has 82 valence electrons. The van der Waals surface area contributed by atoms with E-state index in [1.807, 2.05) is 18.4 Å². The van der Waals surface area contributed by atoms with E-state index < -0.39 is 0 Å². The molecular formula is C10H10N4S2. The van der Waals surface area contributed by atoms with Gasteiger partial charge in [-0.05, 0) is 30.8 Å². The van der Waals surface area contributed by atoms with Crippen LogP contribution in [0.25, 0.3) is 0 Å². The number of nitrogens with one attached hydrogen (secondary N) is 1. The summed E-state index contributed by atoms with van der Waals surface area (Å²) in [6.07, 6.45) is 1.60. The first-order valence-corrected chi connectivity index (χ1v) is 6.25. The third kappa shape index (κ3) is 2.59. The SMILES string of the molecule is Cc1csc(Sc2ccc(C(=N)N)cn2)n1. The van der Waals surface area contributed by atoms with Crippen LogP contribution < -0.4 is 5.73 Å². The molecule has 3 N–H and O–H groups in total. The minimum absolute atomic E-state index is 0.0362. The Morgan fingerprint density at radius 3 is 2.81 bits per heavy atom. The first-order chi connectivity index (χ1) is 7.65. The van der Waals surface area contributed by atoms with Crippen molar-refractivity contribution in [3.63, 3.8) is 0 Å². The Hall–Kier alpha value is -1.40. The quantitative estimate of drug-likeness (QED) is 0.647. The number of hydrogen-bond donors (Lipinski definition) is 2. The summed E-state index contributed by atoms with van der Waals surface area (Å²) < 4.78 is 0.973. The second kappa shape index (κ2) is 4.63. The zero-order valence-corrected chi connectivity index (χ0v) is 10.2. The van der Waals surface area contributed by atoms with E-state index in [1.54, 1.807) is 23.6 Å². The fraction of sp³-hybridized carbons (Fsp3) is 0.100. The lowest BCUT2D eigenvalue weighted by Gasteiger charge is -1.99. The number of nitrogen functional groups attached to an aromatic ring is 1. The van der Waals surface area contributed by atoms with Crippen LogP contribution in [0.4, 0.5) is 0 Å². The van der Waals surface area contributed by atoms with Gasteiger partial charge in [-0.3, -0.25) is 5.41 Å². The van der Waals surface area contributed by atoms with Gasteiger partial charge in [-0.1, -0.05) is 0 Å². The number of hydrogen-bond acceptors (Lipinski definition) is 5. The van der Waals surface area contributed by atoms with Gasteiger partial charge >= 0.3 is 0 Å². The molecule has 0 spiro atoms. The average Bonchev–Trinajstić information content (AvgIpc) is 2.65. The zero-order chi connectivity index (χ0) is 11.5. The molecule has 0 amide bonds. The predicted octanol–water partition coefficient (Wildman–Crippen LogP) is 2.28. The minimum Gasteiger partial charge on any atom is -0.384 e. The number of nitrogens with zero attached hydrogens (tertiary/aromatic N) is 2. The first kappa shape index (κ1) is 11.1. The number of aryl methyl sites for hydroxylation is 1. The smallest absolute Gasteiger partial charge is 0.156 e. The van der Waals surface area contributed by atoms with Crippen molar-refractivity contribution in [1.82, 2.24) is 9.97 Å². The molecule has 0 atom stereocenters. The van der Waals surface area contributed by atoms with Crippen molar-refractivity contribution in [2.24, 2.45) is 5.73 Å². The van der Waals surface area contributed by atoms with Gasteiger partial charge in [-0.2, -0.15) is 0 Å². The highest BCUT2D eigenvalue weighted by Crippen LogP contribution is 2.28. The van der Waals surface area contributed by atoms with E-state index in [1.165, 1.54) is 11.8 Å². The van der Waals surface area contributed by atoms with Crippen molar-refractivity contribution in [3.8, 4) is 0 Å². The molecular weight excluding hydrogens is 240 g/mol. The molecule has 0 unspecified atom stereocenters. The normalized spacial score (nSPS) is 10.3. The largest absolute Gasteiger partial charge is 0.384 e. The third-order valence-corrected chi connectivity index (χ3v) is 3.84. The Morgan fingerprint density at radius 2 is 2.31 bits per heavy atom. The minimum atomic E-state index is 0.0362. The van der Waals surface area contributed by atoms with Crippen molar-refractivity contribution in [1.29, 1.82) is 5.41 Å². The van der Waals surface area contributed by atoms with E-state index in [0.29, 0.717) is 5.56 Å². The topological polar surface area (TPSA) is 75.7 Å². The number of rotatable bonds is 3. The van der Waals surface area contributed by atoms with Gasteiger partial charge in [-0.15, -0.1) is 11.3 Å². The lowest BCUT2D eigenvalue weighted by molar-refractivity contribution is 1.10. The molecule has 16 heavy (non-hydrogen) atoms.